The first-order valence-corrected chi connectivity index (χ1v) is 8.59. The van der Waals surface area contributed by atoms with Gasteiger partial charge in [-0.2, -0.15) is 0 Å². The highest BCUT2D eigenvalue weighted by Crippen LogP contribution is 2.45. The zero-order chi connectivity index (χ0) is 14.1. The van der Waals surface area contributed by atoms with E-state index in [0.29, 0.717) is 12.5 Å². The molecular weight excluding hydrogens is 358 g/mol. The van der Waals surface area contributed by atoms with Crippen molar-refractivity contribution in [2.24, 2.45) is 0 Å². The topological polar surface area (TPSA) is 21.3 Å². The molecule has 106 valence electrons. The number of thiophene rings is 1. The predicted octanol–water partition coefficient (Wildman–Crippen LogP) is 4.99. The summed E-state index contributed by atoms with van der Waals surface area (Å²) in [6, 6.07) is 10.6. The van der Waals surface area contributed by atoms with E-state index in [-0.39, 0.29) is 6.04 Å². The third kappa shape index (κ3) is 2.62. The van der Waals surface area contributed by atoms with E-state index in [2.05, 4.69) is 40.3 Å². The molecule has 1 aromatic carbocycles. The SMILES string of the molecule is CCNC(c1cc(Cl)c(Br)s1)C1COc2ccccc21. The number of hydrogen-bond donors (Lipinski definition) is 1. The molecule has 0 aliphatic carbocycles. The maximum absolute atomic E-state index is 6.19. The molecule has 2 heterocycles. The summed E-state index contributed by atoms with van der Waals surface area (Å²) in [5, 5.41) is 4.35. The molecule has 0 fully saturated rings. The van der Waals surface area contributed by atoms with Crippen LogP contribution in [0, 0.1) is 0 Å². The first kappa shape index (κ1) is 14.4. The fourth-order valence-electron chi connectivity index (χ4n) is 2.64. The van der Waals surface area contributed by atoms with E-state index in [0.717, 1.165) is 21.1 Å². The van der Waals surface area contributed by atoms with Gasteiger partial charge in [0, 0.05) is 16.4 Å². The van der Waals surface area contributed by atoms with Crippen molar-refractivity contribution in [3.63, 3.8) is 0 Å². The summed E-state index contributed by atoms with van der Waals surface area (Å²) in [7, 11) is 0. The molecule has 1 aromatic heterocycles. The molecular formula is C15H15BrClNOS. The summed E-state index contributed by atoms with van der Waals surface area (Å²) in [4.78, 5) is 1.24. The lowest BCUT2D eigenvalue weighted by atomic mass is 9.92. The zero-order valence-corrected chi connectivity index (χ0v) is 14.2. The van der Waals surface area contributed by atoms with E-state index in [9.17, 15) is 0 Å². The summed E-state index contributed by atoms with van der Waals surface area (Å²) in [5.41, 5.74) is 1.28. The number of nitrogens with one attached hydrogen (secondary N) is 1. The van der Waals surface area contributed by atoms with E-state index in [1.807, 2.05) is 18.2 Å². The summed E-state index contributed by atoms with van der Waals surface area (Å²) < 4.78 is 6.81. The van der Waals surface area contributed by atoms with Crippen LogP contribution in [0.15, 0.2) is 34.1 Å². The lowest BCUT2D eigenvalue weighted by Gasteiger charge is -2.22. The average molecular weight is 373 g/mol. The van der Waals surface area contributed by atoms with E-state index in [4.69, 9.17) is 16.3 Å². The number of rotatable bonds is 4. The third-order valence-electron chi connectivity index (χ3n) is 3.53. The molecule has 0 bridgehead atoms. The molecule has 20 heavy (non-hydrogen) atoms. The van der Waals surface area contributed by atoms with Crippen LogP contribution in [0.1, 0.15) is 29.3 Å². The number of para-hydroxylation sites is 1. The van der Waals surface area contributed by atoms with Gasteiger partial charge in [0.05, 0.1) is 21.5 Å². The Morgan fingerprint density at radius 3 is 3.00 bits per heavy atom. The van der Waals surface area contributed by atoms with E-state index < -0.39 is 0 Å². The Morgan fingerprint density at radius 2 is 2.30 bits per heavy atom. The van der Waals surface area contributed by atoms with Crippen LogP contribution >= 0.6 is 38.9 Å². The molecule has 1 aliphatic heterocycles. The second-order valence-electron chi connectivity index (χ2n) is 4.76. The predicted molar refractivity (Wildman–Crippen MR) is 88.1 cm³/mol. The van der Waals surface area contributed by atoms with Crippen LogP contribution in [0.4, 0.5) is 0 Å². The van der Waals surface area contributed by atoms with Gasteiger partial charge >= 0.3 is 0 Å². The van der Waals surface area contributed by atoms with Gasteiger partial charge in [-0.1, -0.05) is 36.7 Å². The van der Waals surface area contributed by atoms with Crippen molar-refractivity contribution in [2.75, 3.05) is 13.2 Å². The minimum Gasteiger partial charge on any atom is -0.493 e. The fraction of sp³-hybridized carbons (Fsp3) is 0.333. The van der Waals surface area contributed by atoms with Crippen molar-refractivity contribution in [1.29, 1.82) is 0 Å². The van der Waals surface area contributed by atoms with Crippen LogP contribution < -0.4 is 10.1 Å². The second kappa shape index (κ2) is 6.06. The van der Waals surface area contributed by atoms with Crippen molar-refractivity contribution in [3.8, 4) is 5.75 Å². The number of hydrogen-bond acceptors (Lipinski definition) is 3. The van der Waals surface area contributed by atoms with Gasteiger partial charge in [-0.25, -0.2) is 0 Å². The van der Waals surface area contributed by atoms with Crippen molar-refractivity contribution < 1.29 is 4.74 Å². The molecule has 5 heteroatoms. The Kier molecular flexibility index (Phi) is 4.36. The van der Waals surface area contributed by atoms with Gasteiger partial charge in [0.2, 0.25) is 0 Å². The Balaban J connectivity index is 1.96. The molecule has 0 radical (unpaired) electrons. The number of likely N-dealkylation sites (N-methyl/N-ethyl adjacent to an activating group) is 1. The van der Waals surface area contributed by atoms with E-state index in [1.54, 1.807) is 11.3 Å². The highest BCUT2D eigenvalue weighted by Gasteiger charge is 2.32. The lowest BCUT2D eigenvalue weighted by Crippen LogP contribution is -2.27. The standard InChI is InChI=1S/C15H15BrClNOS/c1-2-18-14(13-7-11(17)15(16)20-13)10-8-19-12-6-4-3-5-9(10)12/h3-7,10,14,18H,2,8H2,1H3. The molecule has 2 unspecified atom stereocenters. The lowest BCUT2D eigenvalue weighted by molar-refractivity contribution is 0.302. The Morgan fingerprint density at radius 1 is 1.50 bits per heavy atom. The third-order valence-corrected chi connectivity index (χ3v) is 6.09. The first-order valence-electron chi connectivity index (χ1n) is 6.60. The molecule has 2 atom stereocenters. The van der Waals surface area contributed by atoms with Gasteiger partial charge in [0.1, 0.15) is 5.75 Å². The molecule has 3 rings (SSSR count). The summed E-state index contributed by atoms with van der Waals surface area (Å²) in [6.07, 6.45) is 0. The molecule has 0 amide bonds. The molecule has 0 saturated carbocycles. The van der Waals surface area contributed by atoms with E-state index >= 15 is 0 Å². The van der Waals surface area contributed by atoms with E-state index in [1.165, 1.54) is 10.4 Å². The van der Waals surface area contributed by atoms with Crippen LogP contribution in [0.5, 0.6) is 5.75 Å². The zero-order valence-electron chi connectivity index (χ0n) is 11.0. The maximum Gasteiger partial charge on any atom is 0.122 e. The van der Waals surface area contributed by atoms with Gasteiger partial charge in [0.15, 0.2) is 0 Å². The molecule has 1 aliphatic rings. The van der Waals surface area contributed by atoms with Crippen molar-refractivity contribution in [1.82, 2.24) is 5.32 Å². The highest BCUT2D eigenvalue weighted by atomic mass is 79.9. The monoisotopic (exact) mass is 371 g/mol. The minimum atomic E-state index is 0.234. The minimum absolute atomic E-state index is 0.234. The van der Waals surface area contributed by atoms with Crippen molar-refractivity contribution in [3.05, 3.63) is 49.6 Å². The van der Waals surface area contributed by atoms with Gasteiger partial charge < -0.3 is 10.1 Å². The van der Waals surface area contributed by atoms with Crippen LogP contribution in [-0.2, 0) is 0 Å². The number of fused-ring (bicyclic) bond motifs is 1. The molecule has 1 N–H and O–H groups in total. The molecule has 2 nitrogen and oxygen atoms in total. The fourth-order valence-corrected chi connectivity index (χ4v) is 4.53. The quantitative estimate of drug-likeness (QED) is 0.816. The second-order valence-corrected chi connectivity index (χ2v) is 7.57. The van der Waals surface area contributed by atoms with Crippen LogP contribution in [-0.4, -0.2) is 13.2 Å². The number of halogens is 2. The Labute approximate surface area is 136 Å². The van der Waals surface area contributed by atoms with Gasteiger partial charge in [0.25, 0.3) is 0 Å². The van der Waals surface area contributed by atoms with Crippen LogP contribution in [0.2, 0.25) is 5.02 Å². The largest absolute Gasteiger partial charge is 0.493 e. The van der Waals surface area contributed by atoms with Gasteiger partial charge in [-0.3, -0.25) is 0 Å². The maximum atomic E-state index is 6.19. The molecule has 0 saturated heterocycles. The average Bonchev–Trinajstić information content (AvgIpc) is 3.01. The Hall–Kier alpha value is -0.550. The summed E-state index contributed by atoms with van der Waals surface area (Å²) in [5.74, 6) is 1.33. The molecule has 0 spiro atoms. The van der Waals surface area contributed by atoms with Crippen molar-refractivity contribution in [2.45, 2.75) is 18.9 Å². The number of ether oxygens (including phenoxy) is 1. The summed E-state index contributed by atoms with van der Waals surface area (Å²) in [6.45, 7) is 3.75. The summed E-state index contributed by atoms with van der Waals surface area (Å²) >= 11 is 11.4. The molecule has 2 aromatic rings. The Bertz CT molecular complexity index is 596. The smallest absolute Gasteiger partial charge is 0.122 e. The van der Waals surface area contributed by atoms with Crippen LogP contribution in [0.3, 0.4) is 0 Å². The van der Waals surface area contributed by atoms with Crippen molar-refractivity contribution >= 4 is 38.9 Å². The highest BCUT2D eigenvalue weighted by molar-refractivity contribution is 9.11. The van der Waals surface area contributed by atoms with Gasteiger partial charge in [-0.05, 0) is 34.6 Å². The first-order chi connectivity index (χ1) is 9.70. The van der Waals surface area contributed by atoms with Crippen LogP contribution in [0.25, 0.3) is 0 Å². The van der Waals surface area contributed by atoms with Gasteiger partial charge in [-0.15, -0.1) is 11.3 Å². The number of benzene rings is 1. The normalized spacial score (nSPS) is 18.6.